The molecule has 31 heavy (non-hydrogen) atoms. The van der Waals surface area contributed by atoms with Crippen LogP contribution >= 0.6 is 11.3 Å². The number of piperazine rings is 1. The summed E-state index contributed by atoms with van der Waals surface area (Å²) in [5.74, 6) is -0.242. The molecule has 1 atom stereocenters. The molecule has 3 heterocycles. The van der Waals surface area contributed by atoms with E-state index < -0.39 is 6.04 Å². The standard InChI is InChI=1S/C25H21N3O2S/c29-24-22(16-17-8-10-18(11-9-17)23-7-3-15-31-23)28(14-13-27-24)25(30)20-4-1-6-21-19(20)5-2-12-26-21/h1-12,15,22H,13-14,16H2,(H,27,29)/t22-/m1/s1. The van der Waals surface area contributed by atoms with Gasteiger partial charge in [-0.25, -0.2) is 0 Å². The van der Waals surface area contributed by atoms with Gasteiger partial charge in [0.2, 0.25) is 5.91 Å². The number of thiophene rings is 1. The summed E-state index contributed by atoms with van der Waals surface area (Å²) < 4.78 is 0. The Balaban J connectivity index is 1.42. The monoisotopic (exact) mass is 427 g/mol. The van der Waals surface area contributed by atoms with Crippen molar-refractivity contribution < 1.29 is 9.59 Å². The van der Waals surface area contributed by atoms with Crippen molar-refractivity contribution in [2.75, 3.05) is 13.1 Å². The molecule has 0 spiro atoms. The predicted octanol–water partition coefficient (Wildman–Crippen LogP) is 4.15. The van der Waals surface area contributed by atoms with E-state index in [9.17, 15) is 9.59 Å². The van der Waals surface area contributed by atoms with E-state index in [0.29, 0.717) is 25.1 Å². The van der Waals surface area contributed by atoms with Crippen LogP contribution in [-0.2, 0) is 11.2 Å². The second kappa shape index (κ2) is 8.32. The van der Waals surface area contributed by atoms with Gasteiger partial charge in [-0.15, -0.1) is 11.3 Å². The number of nitrogens with one attached hydrogen (secondary N) is 1. The molecule has 0 bridgehead atoms. The lowest BCUT2D eigenvalue weighted by atomic mass is 9.99. The minimum atomic E-state index is -0.541. The highest BCUT2D eigenvalue weighted by atomic mass is 32.1. The highest BCUT2D eigenvalue weighted by molar-refractivity contribution is 7.13. The average Bonchev–Trinajstić information content (AvgIpc) is 3.35. The average molecular weight is 428 g/mol. The maximum Gasteiger partial charge on any atom is 0.255 e. The van der Waals surface area contributed by atoms with Crippen LogP contribution in [0.1, 0.15) is 15.9 Å². The molecule has 1 fully saturated rings. The van der Waals surface area contributed by atoms with Crippen molar-refractivity contribution in [2.24, 2.45) is 0 Å². The van der Waals surface area contributed by atoms with Crippen LogP contribution in [0, 0.1) is 0 Å². The third-order valence-electron chi connectivity index (χ3n) is 5.66. The molecule has 1 N–H and O–H groups in total. The van der Waals surface area contributed by atoms with E-state index in [1.165, 1.54) is 4.88 Å². The van der Waals surface area contributed by atoms with Gasteiger partial charge in [0.15, 0.2) is 0 Å². The fourth-order valence-corrected chi connectivity index (χ4v) is 4.81. The normalized spacial score (nSPS) is 16.3. The molecule has 5 rings (SSSR count). The van der Waals surface area contributed by atoms with Crippen molar-refractivity contribution in [3.63, 3.8) is 0 Å². The third kappa shape index (κ3) is 3.82. The van der Waals surface area contributed by atoms with Gasteiger partial charge in [-0.05, 0) is 40.8 Å². The number of benzene rings is 2. The van der Waals surface area contributed by atoms with Crippen molar-refractivity contribution in [3.8, 4) is 10.4 Å². The van der Waals surface area contributed by atoms with E-state index in [4.69, 9.17) is 0 Å². The smallest absolute Gasteiger partial charge is 0.255 e. The molecule has 0 radical (unpaired) electrons. The van der Waals surface area contributed by atoms with Crippen LogP contribution in [-0.4, -0.2) is 40.8 Å². The first-order valence-electron chi connectivity index (χ1n) is 10.3. The summed E-state index contributed by atoms with van der Waals surface area (Å²) in [6.07, 6.45) is 2.19. The molecular weight excluding hydrogens is 406 g/mol. The number of fused-ring (bicyclic) bond motifs is 1. The fourth-order valence-electron chi connectivity index (χ4n) is 4.08. The lowest BCUT2D eigenvalue weighted by Gasteiger charge is -2.35. The number of aromatic nitrogens is 1. The van der Waals surface area contributed by atoms with E-state index in [-0.39, 0.29) is 11.8 Å². The van der Waals surface area contributed by atoms with E-state index in [1.54, 1.807) is 22.4 Å². The molecule has 0 unspecified atom stereocenters. The Kier molecular flexibility index (Phi) is 5.22. The minimum Gasteiger partial charge on any atom is -0.353 e. The van der Waals surface area contributed by atoms with Crippen molar-refractivity contribution >= 4 is 34.1 Å². The van der Waals surface area contributed by atoms with Crippen molar-refractivity contribution in [3.05, 3.63) is 89.4 Å². The molecule has 0 saturated carbocycles. The predicted molar refractivity (Wildman–Crippen MR) is 123 cm³/mol. The number of carbonyl (C=O) groups is 2. The number of amides is 2. The number of hydrogen-bond acceptors (Lipinski definition) is 4. The van der Waals surface area contributed by atoms with Crippen LogP contribution in [0.3, 0.4) is 0 Å². The molecule has 1 aliphatic rings. The summed E-state index contributed by atoms with van der Waals surface area (Å²) in [5, 5.41) is 5.78. The van der Waals surface area contributed by atoms with E-state index >= 15 is 0 Å². The lowest BCUT2D eigenvalue weighted by Crippen LogP contribution is -2.58. The quantitative estimate of drug-likeness (QED) is 0.532. The minimum absolute atomic E-state index is 0.111. The third-order valence-corrected chi connectivity index (χ3v) is 6.58. The van der Waals surface area contributed by atoms with Crippen LogP contribution in [0.25, 0.3) is 21.3 Å². The maximum absolute atomic E-state index is 13.5. The molecule has 2 aromatic heterocycles. The first-order valence-corrected chi connectivity index (χ1v) is 11.1. The van der Waals surface area contributed by atoms with Crippen LogP contribution in [0.5, 0.6) is 0 Å². The molecule has 1 aliphatic heterocycles. The molecular formula is C25H21N3O2S. The Labute approximate surface area is 184 Å². The SMILES string of the molecule is O=C1NCCN(C(=O)c2cccc3ncccc23)[C@@H]1Cc1ccc(-c2cccs2)cc1. The Morgan fingerprint density at radius 3 is 2.74 bits per heavy atom. The van der Waals surface area contributed by atoms with Crippen LogP contribution in [0.15, 0.2) is 78.3 Å². The molecule has 6 heteroatoms. The van der Waals surface area contributed by atoms with Crippen LogP contribution in [0.2, 0.25) is 0 Å². The molecule has 0 aliphatic carbocycles. The van der Waals surface area contributed by atoms with Gasteiger partial charge in [0, 0.05) is 41.5 Å². The van der Waals surface area contributed by atoms with Crippen molar-refractivity contribution in [1.29, 1.82) is 0 Å². The second-order valence-corrected chi connectivity index (χ2v) is 8.51. The molecule has 154 valence electrons. The van der Waals surface area contributed by atoms with Gasteiger partial charge in [0.1, 0.15) is 6.04 Å². The molecule has 1 saturated heterocycles. The Bertz CT molecular complexity index is 1230. The zero-order chi connectivity index (χ0) is 21.2. The largest absolute Gasteiger partial charge is 0.353 e. The summed E-state index contributed by atoms with van der Waals surface area (Å²) in [6, 6.07) is 21.1. The zero-order valence-electron chi connectivity index (χ0n) is 16.8. The highest BCUT2D eigenvalue weighted by Gasteiger charge is 2.34. The van der Waals surface area contributed by atoms with Gasteiger partial charge in [-0.1, -0.05) is 42.5 Å². The van der Waals surface area contributed by atoms with Gasteiger partial charge in [-0.2, -0.15) is 0 Å². The first-order chi connectivity index (χ1) is 15.2. The summed E-state index contributed by atoms with van der Waals surface area (Å²) in [5.41, 5.74) is 3.54. The molecule has 5 nitrogen and oxygen atoms in total. The fraction of sp³-hybridized carbons (Fsp3) is 0.160. The second-order valence-electron chi connectivity index (χ2n) is 7.56. The molecule has 4 aromatic rings. The van der Waals surface area contributed by atoms with Gasteiger partial charge >= 0.3 is 0 Å². The summed E-state index contributed by atoms with van der Waals surface area (Å²) >= 11 is 1.70. The number of hydrogen-bond donors (Lipinski definition) is 1. The summed E-state index contributed by atoms with van der Waals surface area (Å²) in [6.45, 7) is 0.945. The Morgan fingerprint density at radius 1 is 1.06 bits per heavy atom. The molecule has 2 amide bonds. The van der Waals surface area contributed by atoms with Gasteiger partial charge in [-0.3, -0.25) is 14.6 Å². The summed E-state index contributed by atoms with van der Waals surface area (Å²) in [4.78, 5) is 33.5. The number of carbonyl (C=O) groups excluding carboxylic acids is 2. The first kappa shape index (κ1) is 19.5. The van der Waals surface area contributed by atoms with Crippen molar-refractivity contribution in [1.82, 2.24) is 15.2 Å². The Hall–Kier alpha value is -3.51. The van der Waals surface area contributed by atoms with E-state index in [2.05, 4.69) is 33.9 Å². The molecule has 2 aromatic carbocycles. The Morgan fingerprint density at radius 2 is 1.94 bits per heavy atom. The van der Waals surface area contributed by atoms with Crippen molar-refractivity contribution in [2.45, 2.75) is 12.5 Å². The van der Waals surface area contributed by atoms with E-state index in [1.807, 2.05) is 48.5 Å². The van der Waals surface area contributed by atoms with Crippen LogP contribution in [0.4, 0.5) is 0 Å². The van der Waals surface area contributed by atoms with Gasteiger partial charge in [0.25, 0.3) is 5.91 Å². The summed E-state index contributed by atoms with van der Waals surface area (Å²) in [7, 11) is 0. The maximum atomic E-state index is 13.5. The number of rotatable bonds is 4. The van der Waals surface area contributed by atoms with Crippen LogP contribution < -0.4 is 5.32 Å². The highest BCUT2D eigenvalue weighted by Crippen LogP contribution is 2.26. The lowest BCUT2D eigenvalue weighted by molar-refractivity contribution is -0.127. The van der Waals surface area contributed by atoms with E-state index in [0.717, 1.165) is 22.0 Å². The topological polar surface area (TPSA) is 62.3 Å². The zero-order valence-corrected chi connectivity index (χ0v) is 17.6. The number of pyridine rings is 1. The number of nitrogens with zero attached hydrogens (tertiary/aromatic N) is 2. The van der Waals surface area contributed by atoms with Gasteiger partial charge < -0.3 is 10.2 Å². The van der Waals surface area contributed by atoms with Gasteiger partial charge in [0.05, 0.1) is 5.52 Å².